The molecular formula is C17H20N2O4S. The molecule has 0 aliphatic heterocycles. The normalized spacial score (nSPS) is 20.7. The summed E-state index contributed by atoms with van der Waals surface area (Å²) in [6, 6.07) is 8.70. The minimum atomic E-state index is -3.65. The summed E-state index contributed by atoms with van der Waals surface area (Å²) in [4.78, 5) is 15.1. The average Bonchev–Trinajstić information content (AvgIpc) is 2.48. The van der Waals surface area contributed by atoms with E-state index in [1.165, 1.54) is 0 Å². The molecule has 0 bridgehead atoms. The van der Waals surface area contributed by atoms with E-state index in [0.717, 1.165) is 11.1 Å². The highest BCUT2D eigenvalue weighted by Crippen LogP contribution is 2.33. The van der Waals surface area contributed by atoms with Crippen LogP contribution >= 0.6 is 0 Å². The largest absolute Gasteiger partial charge is 0.481 e. The van der Waals surface area contributed by atoms with Gasteiger partial charge >= 0.3 is 5.97 Å². The van der Waals surface area contributed by atoms with Gasteiger partial charge in [0.05, 0.1) is 5.52 Å². The molecule has 2 N–H and O–H groups in total. The molecule has 0 radical (unpaired) electrons. The van der Waals surface area contributed by atoms with Crippen molar-refractivity contribution in [3.05, 3.63) is 36.0 Å². The van der Waals surface area contributed by atoms with Gasteiger partial charge in [-0.3, -0.25) is 9.78 Å². The third kappa shape index (κ3) is 3.57. The van der Waals surface area contributed by atoms with Crippen molar-refractivity contribution < 1.29 is 18.3 Å². The van der Waals surface area contributed by atoms with Crippen LogP contribution in [0, 0.1) is 12.8 Å². The zero-order chi connectivity index (χ0) is 17.3. The number of pyridine rings is 1. The Hall–Kier alpha value is -1.99. The topological polar surface area (TPSA) is 96.4 Å². The van der Waals surface area contributed by atoms with Gasteiger partial charge < -0.3 is 5.11 Å². The Balaban J connectivity index is 1.73. The van der Waals surface area contributed by atoms with Crippen LogP contribution in [0.1, 0.15) is 31.4 Å². The van der Waals surface area contributed by atoms with Gasteiger partial charge in [0.1, 0.15) is 4.90 Å². The highest BCUT2D eigenvalue weighted by molar-refractivity contribution is 7.89. The van der Waals surface area contributed by atoms with Gasteiger partial charge in [0.2, 0.25) is 10.0 Å². The first-order valence-corrected chi connectivity index (χ1v) is 9.44. The number of hydrogen-bond donors (Lipinski definition) is 2. The van der Waals surface area contributed by atoms with Crippen molar-refractivity contribution >= 4 is 26.9 Å². The second-order valence-corrected chi connectivity index (χ2v) is 8.05. The summed E-state index contributed by atoms with van der Waals surface area (Å²) >= 11 is 0. The number of carbonyl (C=O) groups is 1. The van der Waals surface area contributed by atoms with Crippen LogP contribution in [-0.2, 0) is 14.8 Å². The SMILES string of the molecule is Cc1ccc2cccc(S(=O)(=O)NC3CC(CCC(=O)O)C3)c2n1. The highest BCUT2D eigenvalue weighted by Gasteiger charge is 2.33. The summed E-state index contributed by atoms with van der Waals surface area (Å²) in [6.45, 7) is 1.83. The molecule has 3 rings (SSSR count). The van der Waals surface area contributed by atoms with Crippen molar-refractivity contribution in [1.29, 1.82) is 0 Å². The molecule has 7 heteroatoms. The summed E-state index contributed by atoms with van der Waals surface area (Å²) in [6.07, 6.45) is 2.10. The minimum absolute atomic E-state index is 0.131. The molecular weight excluding hydrogens is 328 g/mol. The van der Waals surface area contributed by atoms with Gasteiger partial charge in [-0.15, -0.1) is 0 Å². The summed E-state index contributed by atoms with van der Waals surface area (Å²) in [5.74, 6) is -0.530. The van der Waals surface area contributed by atoms with Crippen LogP contribution in [0.4, 0.5) is 0 Å². The third-order valence-electron chi connectivity index (χ3n) is 4.44. The van der Waals surface area contributed by atoms with Crippen LogP contribution in [0.3, 0.4) is 0 Å². The number of aliphatic carboxylic acids is 1. The summed E-state index contributed by atoms with van der Waals surface area (Å²) < 4.78 is 28.1. The van der Waals surface area contributed by atoms with Gasteiger partial charge in [-0.05, 0) is 44.2 Å². The number of carboxylic acid groups (broad SMARTS) is 1. The van der Waals surface area contributed by atoms with Crippen LogP contribution in [-0.4, -0.2) is 30.5 Å². The van der Waals surface area contributed by atoms with E-state index >= 15 is 0 Å². The number of nitrogens with zero attached hydrogens (tertiary/aromatic N) is 1. The molecule has 128 valence electrons. The van der Waals surface area contributed by atoms with Crippen molar-refractivity contribution in [3.63, 3.8) is 0 Å². The number of sulfonamides is 1. The molecule has 1 heterocycles. The van der Waals surface area contributed by atoms with E-state index in [9.17, 15) is 13.2 Å². The lowest BCUT2D eigenvalue weighted by molar-refractivity contribution is -0.137. The number of aryl methyl sites for hydroxylation is 1. The number of aromatic nitrogens is 1. The van der Waals surface area contributed by atoms with Crippen LogP contribution in [0.2, 0.25) is 0 Å². The van der Waals surface area contributed by atoms with Crippen molar-refractivity contribution in [3.8, 4) is 0 Å². The van der Waals surface area contributed by atoms with Gasteiger partial charge in [-0.2, -0.15) is 0 Å². The second kappa shape index (κ2) is 6.49. The van der Waals surface area contributed by atoms with Gasteiger partial charge in [-0.25, -0.2) is 13.1 Å². The molecule has 1 fully saturated rings. The average molecular weight is 348 g/mol. The van der Waals surface area contributed by atoms with Gasteiger partial charge in [-0.1, -0.05) is 18.2 Å². The van der Waals surface area contributed by atoms with Crippen LogP contribution in [0.25, 0.3) is 10.9 Å². The maximum Gasteiger partial charge on any atom is 0.303 e. The molecule has 0 saturated heterocycles. The smallest absolute Gasteiger partial charge is 0.303 e. The lowest BCUT2D eigenvalue weighted by Gasteiger charge is -2.35. The van der Waals surface area contributed by atoms with Crippen LogP contribution in [0.15, 0.2) is 35.2 Å². The van der Waals surface area contributed by atoms with Crippen molar-refractivity contribution in [2.75, 3.05) is 0 Å². The standard InChI is InChI=1S/C17H20N2O4S/c1-11-5-7-13-3-2-4-15(17(13)18-11)24(22,23)19-14-9-12(10-14)6-8-16(20)21/h2-5,7,12,14,19H,6,8-10H2,1H3,(H,20,21). The monoisotopic (exact) mass is 348 g/mol. The molecule has 0 amide bonds. The highest BCUT2D eigenvalue weighted by atomic mass is 32.2. The summed E-state index contributed by atoms with van der Waals surface area (Å²) in [7, 11) is -3.65. The van der Waals surface area contributed by atoms with E-state index in [4.69, 9.17) is 5.11 Å². The van der Waals surface area contributed by atoms with Gasteiger partial charge in [0, 0.05) is 23.5 Å². The van der Waals surface area contributed by atoms with Crippen molar-refractivity contribution in [1.82, 2.24) is 9.71 Å². The minimum Gasteiger partial charge on any atom is -0.481 e. The first-order chi connectivity index (χ1) is 11.3. The molecule has 1 aromatic heterocycles. The number of para-hydroxylation sites is 1. The Morgan fingerprint density at radius 2 is 2.04 bits per heavy atom. The van der Waals surface area contributed by atoms with E-state index in [-0.39, 0.29) is 23.3 Å². The lowest BCUT2D eigenvalue weighted by atomic mass is 9.78. The zero-order valence-corrected chi connectivity index (χ0v) is 14.2. The zero-order valence-electron chi connectivity index (χ0n) is 13.4. The number of fused-ring (bicyclic) bond motifs is 1. The van der Waals surface area contributed by atoms with Crippen molar-refractivity contribution in [2.24, 2.45) is 5.92 Å². The summed E-state index contributed by atoms with van der Waals surface area (Å²) in [5, 5.41) is 9.48. The molecule has 1 aliphatic rings. The lowest BCUT2D eigenvalue weighted by Crippen LogP contribution is -2.44. The first-order valence-electron chi connectivity index (χ1n) is 7.95. The van der Waals surface area contributed by atoms with E-state index in [1.807, 2.05) is 25.1 Å². The van der Waals surface area contributed by atoms with E-state index in [0.29, 0.717) is 24.8 Å². The molecule has 1 saturated carbocycles. The van der Waals surface area contributed by atoms with E-state index in [2.05, 4.69) is 9.71 Å². The Morgan fingerprint density at radius 3 is 2.75 bits per heavy atom. The quantitative estimate of drug-likeness (QED) is 0.836. The Morgan fingerprint density at radius 1 is 1.29 bits per heavy atom. The fourth-order valence-corrected chi connectivity index (χ4v) is 4.55. The molecule has 0 unspecified atom stereocenters. The predicted molar refractivity (Wildman–Crippen MR) is 90.2 cm³/mol. The fourth-order valence-electron chi connectivity index (χ4n) is 3.11. The molecule has 0 atom stereocenters. The van der Waals surface area contributed by atoms with Crippen LogP contribution in [0.5, 0.6) is 0 Å². The molecule has 1 aromatic carbocycles. The van der Waals surface area contributed by atoms with Gasteiger partial charge in [0.15, 0.2) is 0 Å². The number of rotatable bonds is 6. The molecule has 24 heavy (non-hydrogen) atoms. The fraction of sp³-hybridized carbons (Fsp3) is 0.412. The second-order valence-electron chi connectivity index (χ2n) is 6.37. The summed E-state index contributed by atoms with van der Waals surface area (Å²) in [5.41, 5.74) is 1.24. The number of benzene rings is 1. The van der Waals surface area contributed by atoms with E-state index in [1.54, 1.807) is 12.1 Å². The predicted octanol–water partition coefficient (Wildman–Crippen LogP) is 2.46. The molecule has 0 spiro atoms. The van der Waals surface area contributed by atoms with Crippen LogP contribution < -0.4 is 4.72 Å². The maximum absolute atomic E-state index is 12.7. The Kier molecular flexibility index (Phi) is 4.56. The molecule has 6 nitrogen and oxygen atoms in total. The molecule has 1 aliphatic carbocycles. The Bertz CT molecular complexity index is 873. The number of carboxylic acids is 1. The number of nitrogens with one attached hydrogen (secondary N) is 1. The maximum atomic E-state index is 12.7. The van der Waals surface area contributed by atoms with Crippen molar-refractivity contribution in [2.45, 2.75) is 43.5 Å². The molecule has 2 aromatic rings. The Labute approximate surface area is 141 Å². The third-order valence-corrected chi connectivity index (χ3v) is 5.99. The first kappa shape index (κ1) is 16.9. The number of hydrogen-bond acceptors (Lipinski definition) is 4. The van der Waals surface area contributed by atoms with Gasteiger partial charge in [0.25, 0.3) is 0 Å². The van der Waals surface area contributed by atoms with E-state index < -0.39 is 16.0 Å².